The van der Waals surface area contributed by atoms with Crippen molar-refractivity contribution in [1.82, 2.24) is 0 Å². The summed E-state index contributed by atoms with van der Waals surface area (Å²) in [5.74, 6) is 0.941. The number of para-hydroxylation sites is 1. The first-order chi connectivity index (χ1) is 7.20. The van der Waals surface area contributed by atoms with Crippen molar-refractivity contribution in [3.8, 4) is 11.5 Å². The Morgan fingerprint density at radius 2 is 2.20 bits per heavy atom. The number of methoxy groups -OCH3 is 1. The van der Waals surface area contributed by atoms with E-state index in [1.165, 1.54) is 7.11 Å². The van der Waals surface area contributed by atoms with E-state index in [1.54, 1.807) is 18.2 Å². The van der Waals surface area contributed by atoms with Crippen molar-refractivity contribution in [2.45, 2.75) is 13.3 Å². The molecule has 0 radical (unpaired) electrons. The predicted octanol–water partition coefficient (Wildman–Crippen LogP) is 2.86. The maximum absolute atomic E-state index is 11.1. The minimum atomic E-state index is -0.547. The van der Waals surface area contributed by atoms with E-state index < -0.39 is 5.24 Å². The lowest BCUT2D eigenvalue weighted by atomic mass is 10.2. The summed E-state index contributed by atoms with van der Waals surface area (Å²) >= 11 is 5.42. The van der Waals surface area contributed by atoms with E-state index in [0.29, 0.717) is 23.7 Å². The summed E-state index contributed by atoms with van der Waals surface area (Å²) in [7, 11) is 1.48. The third-order valence-electron chi connectivity index (χ3n) is 1.86. The number of halogens is 1. The molecule has 0 unspecified atom stereocenters. The standard InChI is InChI=1S/C11H13ClO3/c1-3-7-15-9-6-4-5-8(11(12)13)10(9)14-2/h4-6H,3,7H2,1-2H3. The highest BCUT2D eigenvalue weighted by Gasteiger charge is 2.14. The van der Waals surface area contributed by atoms with Crippen LogP contribution in [0, 0.1) is 0 Å². The fourth-order valence-corrected chi connectivity index (χ4v) is 1.36. The van der Waals surface area contributed by atoms with Crippen molar-refractivity contribution < 1.29 is 14.3 Å². The van der Waals surface area contributed by atoms with Crippen molar-refractivity contribution in [3.05, 3.63) is 23.8 Å². The molecule has 0 saturated heterocycles. The van der Waals surface area contributed by atoms with Crippen LogP contribution in [-0.2, 0) is 0 Å². The van der Waals surface area contributed by atoms with Crippen LogP contribution in [0.5, 0.6) is 11.5 Å². The Morgan fingerprint density at radius 3 is 2.73 bits per heavy atom. The van der Waals surface area contributed by atoms with Crippen molar-refractivity contribution in [3.63, 3.8) is 0 Å². The van der Waals surface area contributed by atoms with Crippen LogP contribution in [0.3, 0.4) is 0 Å². The van der Waals surface area contributed by atoms with E-state index in [4.69, 9.17) is 21.1 Å². The zero-order valence-corrected chi connectivity index (χ0v) is 9.50. The van der Waals surface area contributed by atoms with Gasteiger partial charge in [0.25, 0.3) is 5.24 Å². The predicted molar refractivity (Wildman–Crippen MR) is 59.0 cm³/mol. The van der Waals surface area contributed by atoms with Crippen LogP contribution in [0.2, 0.25) is 0 Å². The zero-order chi connectivity index (χ0) is 11.3. The minimum Gasteiger partial charge on any atom is -0.492 e. The normalized spacial score (nSPS) is 9.80. The lowest BCUT2D eigenvalue weighted by Gasteiger charge is -2.11. The molecule has 1 aromatic rings. The van der Waals surface area contributed by atoms with Gasteiger partial charge in [-0.1, -0.05) is 13.0 Å². The third-order valence-corrected chi connectivity index (χ3v) is 2.06. The van der Waals surface area contributed by atoms with Gasteiger partial charge in [0, 0.05) is 0 Å². The largest absolute Gasteiger partial charge is 0.492 e. The lowest BCUT2D eigenvalue weighted by Crippen LogP contribution is -2.01. The van der Waals surface area contributed by atoms with Crippen LogP contribution in [0.15, 0.2) is 18.2 Å². The van der Waals surface area contributed by atoms with Crippen molar-refractivity contribution in [2.24, 2.45) is 0 Å². The van der Waals surface area contributed by atoms with Crippen LogP contribution in [0.1, 0.15) is 23.7 Å². The molecule has 0 fully saturated rings. The second kappa shape index (κ2) is 5.61. The van der Waals surface area contributed by atoms with Gasteiger partial charge in [-0.05, 0) is 30.2 Å². The zero-order valence-electron chi connectivity index (χ0n) is 8.75. The van der Waals surface area contributed by atoms with Crippen molar-refractivity contribution in [1.29, 1.82) is 0 Å². The summed E-state index contributed by atoms with van der Waals surface area (Å²) in [6.07, 6.45) is 0.891. The second-order valence-electron chi connectivity index (χ2n) is 2.96. The molecule has 0 amide bonds. The first-order valence-corrected chi connectivity index (χ1v) is 5.08. The molecule has 0 aromatic heterocycles. The van der Waals surface area contributed by atoms with Crippen molar-refractivity contribution >= 4 is 16.8 Å². The van der Waals surface area contributed by atoms with E-state index in [0.717, 1.165) is 6.42 Å². The molecule has 0 bridgehead atoms. The summed E-state index contributed by atoms with van der Waals surface area (Å²) in [5.41, 5.74) is 0.327. The summed E-state index contributed by atoms with van der Waals surface area (Å²) < 4.78 is 10.5. The van der Waals surface area contributed by atoms with Gasteiger partial charge in [-0.2, -0.15) is 0 Å². The van der Waals surface area contributed by atoms with Crippen LogP contribution in [0.4, 0.5) is 0 Å². The Labute approximate surface area is 93.9 Å². The highest BCUT2D eigenvalue weighted by molar-refractivity contribution is 6.68. The number of benzene rings is 1. The summed E-state index contributed by atoms with van der Waals surface area (Å²) in [5, 5.41) is -0.547. The van der Waals surface area contributed by atoms with Gasteiger partial charge in [0.15, 0.2) is 11.5 Å². The Bertz CT molecular complexity index is 350. The molecule has 0 aliphatic heterocycles. The molecule has 0 aliphatic rings. The number of hydrogen-bond acceptors (Lipinski definition) is 3. The topological polar surface area (TPSA) is 35.5 Å². The smallest absolute Gasteiger partial charge is 0.256 e. The molecular weight excluding hydrogens is 216 g/mol. The average molecular weight is 229 g/mol. The minimum absolute atomic E-state index is 0.327. The van der Waals surface area contributed by atoms with E-state index in [9.17, 15) is 4.79 Å². The van der Waals surface area contributed by atoms with Crippen LogP contribution in [0.25, 0.3) is 0 Å². The molecule has 0 saturated carbocycles. The summed E-state index contributed by atoms with van der Waals surface area (Å²) in [6.45, 7) is 2.58. The molecule has 0 aliphatic carbocycles. The Morgan fingerprint density at radius 1 is 1.47 bits per heavy atom. The first-order valence-electron chi connectivity index (χ1n) is 4.70. The lowest BCUT2D eigenvalue weighted by molar-refractivity contribution is 0.107. The fraction of sp³-hybridized carbons (Fsp3) is 0.364. The molecule has 0 spiro atoms. The van der Waals surface area contributed by atoms with Crippen LogP contribution >= 0.6 is 11.6 Å². The third kappa shape index (κ3) is 2.86. The molecule has 4 heteroatoms. The number of carbonyl (C=O) groups is 1. The molecule has 82 valence electrons. The number of carbonyl (C=O) groups excluding carboxylic acids is 1. The van der Waals surface area contributed by atoms with E-state index >= 15 is 0 Å². The summed E-state index contributed by atoms with van der Waals surface area (Å²) in [6, 6.07) is 5.06. The molecule has 3 nitrogen and oxygen atoms in total. The average Bonchev–Trinajstić information content (AvgIpc) is 2.25. The molecule has 0 N–H and O–H groups in total. The van der Waals surface area contributed by atoms with Gasteiger partial charge in [0.05, 0.1) is 19.3 Å². The molecular formula is C11H13ClO3. The van der Waals surface area contributed by atoms with E-state index in [-0.39, 0.29) is 0 Å². The van der Waals surface area contributed by atoms with Gasteiger partial charge in [-0.3, -0.25) is 4.79 Å². The molecule has 1 rings (SSSR count). The number of hydrogen-bond donors (Lipinski definition) is 0. The van der Waals surface area contributed by atoms with E-state index in [2.05, 4.69) is 0 Å². The monoisotopic (exact) mass is 228 g/mol. The highest BCUT2D eigenvalue weighted by atomic mass is 35.5. The second-order valence-corrected chi connectivity index (χ2v) is 3.30. The van der Waals surface area contributed by atoms with Gasteiger partial charge in [-0.15, -0.1) is 0 Å². The number of ether oxygens (including phenoxy) is 2. The number of rotatable bonds is 5. The Balaban J connectivity index is 3.04. The molecule has 0 atom stereocenters. The quantitative estimate of drug-likeness (QED) is 0.727. The van der Waals surface area contributed by atoms with Gasteiger partial charge < -0.3 is 9.47 Å². The van der Waals surface area contributed by atoms with Gasteiger partial charge >= 0.3 is 0 Å². The SMILES string of the molecule is CCCOc1cccc(C(=O)Cl)c1OC. The van der Waals surface area contributed by atoms with Crippen LogP contribution < -0.4 is 9.47 Å². The van der Waals surface area contributed by atoms with Gasteiger partial charge in [-0.25, -0.2) is 0 Å². The molecule has 15 heavy (non-hydrogen) atoms. The first kappa shape index (κ1) is 11.9. The van der Waals surface area contributed by atoms with Crippen LogP contribution in [-0.4, -0.2) is 19.0 Å². The maximum atomic E-state index is 11.1. The van der Waals surface area contributed by atoms with Crippen molar-refractivity contribution in [2.75, 3.05) is 13.7 Å². The molecule has 1 aromatic carbocycles. The highest BCUT2D eigenvalue weighted by Crippen LogP contribution is 2.31. The molecule has 0 heterocycles. The Hall–Kier alpha value is -1.22. The maximum Gasteiger partial charge on any atom is 0.256 e. The Kier molecular flexibility index (Phi) is 4.43. The fourth-order valence-electron chi connectivity index (χ4n) is 1.21. The van der Waals surface area contributed by atoms with Gasteiger partial charge in [0.1, 0.15) is 0 Å². The summed E-state index contributed by atoms with van der Waals surface area (Å²) in [4.78, 5) is 11.1. The van der Waals surface area contributed by atoms with Gasteiger partial charge in [0.2, 0.25) is 0 Å². The van der Waals surface area contributed by atoms with E-state index in [1.807, 2.05) is 6.92 Å².